The van der Waals surface area contributed by atoms with Gasteiger partial charge in [0.15, 0.2) is 5.82 Å². The van der Waals surface area contributed by atoms with Crippen LogP contribution in [-0.2, 0) is 4.79 Å². The third-order valence-electron chi connectivity index (χ3n) is 4.39. The van der Waals surface area contributed by atoms with Crippen LogP contribution in [0.2, 0.25) is 0 Å². The fourth-order valence-corrected chi connectivity index (χ4v) is 3.99. The van der Waals surface area contributed by atoms with Gasteiger partial charge in [-0.2, -0.15) is 5.10 Å². The molecule has 1 aromatic carbocycles. The molecule has 0 unspecified atom stereocenters. The molecule has 5 rings (SSSR count). The molecule has 0 aliphatic carbocycles. The lowest BCUT2D eigenvalue weighted by Gasteiger charge is -2.22. The molecule has 25 heavy (non-hydrogen) atoms. The molecule has 6 nitrogen and oxygen atoms in total. The van der Waals surface area contributed by atoms with Gasteiger partial charge in [0.25, 0.3) is 0 Å². The molecule has 4 heterocycles. The number of fused-ring (bicyclic) bond motifs is 2. The molecular weight excluding hydrogens is 334 g/mol. The molecule has 2 N–H and O–H groups in total. The highest BCUT2D eigenvalue weighted by Gasteiger charge is 2.33. The van der Waals surface area contributed by atoms with E-state index in [2.05, 4.69) is 20.5 Å². The van der Waals surface area contributed by atoms with Crippen molar-refractivity contribution in [3.05, 3.63) is 59.2 Å². The van der Waals surface area contributed by atoms with Gasteiger partial charge < -0.3 is 5.32 Å². The lowest BCUT2D eigenvalue weighted by molar-refractivity contribution is -0.116. The lowest BCUT2D eigenvalue weighted by atomic mass is 9.89. The van der Waals surface area contributed by atoms with Crippen molar-refractivity contribution in [3.8, 4) is 10.6 Å². The molecule has 4 aromatic rings. The Kier molecular flexibility index (Phi) is 3.14. The summed E-state index contributed by atoms with van der Waals surface area (Å²) >= 11 is 1.63. The van der Waals surface area contributed by atoms with E-state index in [0.29, 0.717) is 12.2 Å². The first-order valence-electron chi connectivity index (χ1n) is 7.93. The number of thiophene rings is 1. The third-order valence-corrected chi connectivity index (χ3v) is 5.28. The summed E-state index contributed by atoms with van der Waals surface area (Å²) in [5.74, 6) is 0.355. The van der Waals surface area contributed by atoms with Gasteiger partial charge in [-0.25, -0.2) is 4.98 Å². The number of nitrogens with one attached hydrogen (secondary N) is 2. The maximum atomic E-state index is 12.2. The molecular formula is C18H13N5OS. The van der Waals surface area contributed by atoms with Gasteiger partial charge in [-0.1, -0.05) is 18.2 Å². The second-order valence-corrected chi connectivity index (χ2v) is 6.87. The fourth-order valence-electron chi connectivity index (χ4n) is 3.26. The number of aromatic amines is 1. The number of amides is 1. The summed E-state index contributed by atoms with van der Waals surface area (Å²) in [6, 6.07) is 11.8. The van der Waals surface area contributed by atoms with E-state index in [1.54, 1.807) is 17.5 Å². The standard InChI is InChI=1S/C18H13N5OS/c24-15-8-10(13-9-19-11-4-1-2-5-12(11)20-13)16-17(14-6-3-7-25-14)22-23-18(16)21-15/h1-7,9-10H,8H2,(H2,21,22,23,24)/t10-/m1/s1. The number of hydrogen-bond acceptors (Lipinski definition) is 5. The molecule has 0 bridgehead atoms. The highest BCUT2D eigenvalue weighted by atomic mass is 32.1. The Labute approximate surface area is 147 Å². The highest BCUT2D eigenvalue weighted by molar-refractivity contribution is 7.13. The van der Waals surface area contributed by atoms with Crippen LogP contribution >= 0.6 is 11.3 Å². The van der Waals surface area contributed by atoms with Crippen molar-refractivity contribution in [2.24, 2.45) is 0 Å². The van der Waals surface area contributed by atoms with Crippen molar-refractivity contribution < 1.29 is 4.79 Å². The number of benzene rings is 1. The lowest BCUT2D eigenvalue weighted by Crippen LogP contribution is -2.24. The zero-order valence-electron chi connectivity index (χ0n) is 13.1. The second-order valence-electron chi connectivity index (χ2n) is 5.93. The molecule has 1 aliphatic rings. The smallest absolute Gasteiger partial charge is 0.226 e. The first-order valence-corrected chi connectivity index (χ1v) is 8.81. The SMILES string of the molecule is O=C1C[C@H](c2cnc3ccccc3n2)c2c(n[nH]c2-c2cccs2)N1. The largest absolute Gasteiger partial charge is 0.309 e. The number of anilines is 1. The topological polar surface area (TPSA) is 83.6 Å². The number of carbonyl (C=O) groups is 1. The molecule has 1 atom stereocenters. The van der Waals surface area contributed by atoms with Crippen LogP contribution in [0.1, 0.15) is 23.6 Å². The second kappa shape index (κ2) is 5.49. The molecule has 7 heteroatoms. The molecule has 1 amide bonds. The minimum absolute atomic E-state index is 0.0586. The molecule has 3 aromatic heterocycles. The molecule has 0 saturated carbocycles. The first-order chi connectivity index (χ1) is 12.3. The first kappa shape index (κ1) is 14.3. The van der Waals surface area contributed by atoms with Crippen molar-refractivity contribution in [2.75, 3.05) is 5.32 Å². The Morgan fingerprint density at radius 3 is 2.84 bits per heavy atom. The van der Waals surface area contributed by atoms with E-state index in [4.69, 9.17) is 4.98 Å². The molecule has 0 saturated heterocycles. The van der Waals surface area contributed by atoms with Gasteiger partial charge in [0, 0.05) is 24.1 Å². The summed E-state index contributed by atoms with van der Waals surface area (Å²) in [7, 11) is 0. The summed E-state index contributed by atoms with van der Waals surface area (Å²) in [6.07, 6.45) is 2.10. The van der Waals surface area contributed by atoms with Gasteiger partial charge in [-0.05, 0) is 23.6 Å². The van der Waals surface area contributed by atoms with Crippen LogP contribution in [0, 0.1) is 0 Å². The summed E-state index contributed by atoms with van der Waals surface area (Å²) < 4.78 is 0. The van der Waals surface area contributed by atoms with Crippen molar-refractivity contribution in [1.29, 1.82) is 0 Å². The molecule has 1 aliphatic heterocycles. The monoisotopic (exact) mass is 347 g/mol. The van der Waals surface area contributed by atoms with Crippen LogP contribution in [0.4, 0.5) is 5.82 Å². The number of H-pyrrole nitrogens is 1. The average Bonchev–Trinajstić information content (AvgIpc) is 3.29. The average molecular weight is 347 g/mol. The van der Waals surface area contributed by atoms with Crippen LogP contribution in [0.25, 0.3) is 21.6 Å². The van der Waals surface area contributed by atoms with Crippen LogP contribution < -0.4 is 5.32 Å². The minimum Gasteiger partial charge on any atom is -0.309 e. The Morgan fingerprint density at radius 2 is 2.00 bits per heavy atom. The number of aromatic nitrogens is 4. The van der Waals surface area contributed by atoms with E-state index in [1.165, 1.54) is 0 Å². The van der Waals surface area contributed by atoms with Crippen molar-refractivity contribution in [2.45, 2.75) is 12.3 Å². The zero-order valence-corrected chi connectivity index (χ0v) is 13.9. The quantitative estimate of drug-likeness (QED) is 0.581. The maximum Gasteiger partial charge on any atom is 0.226 e. The van der Waals surface area contributed by atoms with Gasteiger partial charge >= 0.3 is 0 Å². The summed E-state index contributed by atoms with van der Waals surface area (Å²) in [5.41, 5.74) is 4.37. The maximum absolute atomic E-state index is 12.2. The van der Waals surface area contributed by atoms with Crippen molar-refractivity contribution in [1.82, 2.24) is 20.2 Å². The minimum atomic E-state index is -0.170. The van der Waals surface area contributed by atoms with Crippen molar-refractivity contribution >= 4 is 34.1 Å². The van der Waals surface area contributed by atoms with Crippen LogP contribution in [0.15, 0.2) is 48.0 Å². The Balaban J connectivity index is 1.69. The van der Waals surface area contributed by atoms with Gasteiger partial charge in [0.05, 0.1) is 27.3 Å². The van der Waals surface area contributed by atoms with E-state index in [1.807, 2.05) is 41.8 Å². The number of rotatable bonds is 2. The van der Waals surface area contributed by atoms with E-state index < -0.39 is 0 Å². The van der Waals surface area contributed by atoms with E-state index in [0.717, 1.165) is 32.9 Å². The fraction of sp³-hybridized carbons (Fsp3) is 0.111. The predicted octanol–water partition coefficient (Wildman–Crippen LogP) is 3.56. The molecule has 0 fully saturated rings. The predicted molar refractivity (Wildman–Crippen MR) is 96.5 cm³/mol. The van der Waals surface area contributed by atoms with Crippen LogP contribution in [0.5, 0.6) is 0 Å². The molecule has 0 spiro atoms. The molecule has 0 radical (unpaired) electrons. The van der Waals surface area contributed by atoms with Crippen molar-refractivity contribution in [3.63, 3.8) is 0 Å². The number of para-hydroxylation sites is 2. The number of nitrogens with zero attached hydrogens (tertiary/aromatic N) is 3. The van der Waals surface area contributed by atoms with Crippen LogP contribution in [0.3, 0.4) is 0 Å². The Bertz CT molecular complexity index is 1090. The normalized spacial score (nSPS) is 16.6. The highest BCUT2D eigenvalue weighted by Crippen LogP contribution is 2.42. The van der Waals surface area contributed by atoms with Gasteiger partial charge in [-0.15, -0.1) is 11.3 Å². The Hall–Kier alpha value is -3.06. The van der Waals surface area contributed by atoms with Gasteiger partial charge in [-0.3, -0.25) is 14.9 Å². The van der Waals surface area contributed by atoms with Gasteiger partial charge in [0.2, 0.25) is 5.91 Å². The molecule has 122 valence electrons. The van der Waals surface area contributed by atoms with Crippen LogP contribution in [-0.4, -0.2) is 26.1 Å². The van der Waals surface area contributed by atoms with E-state index >= 15 is 0 Å². The summed E-state index contributed by atoms with van der Waals surface area (Å²) in [5, 5.41) is 12.3. The summed E-state index contributed by atoms with van der Waals surface area (Å²) in [4.78, 5) is 22.5. The number of hydrogen-bond donors (Lipinski definition) is 2. The number of carbonyl (C=O) groups excluding carboxylic acids is 1. The van der Waals surface area contributed by atoms with Gasteiger partial charge in [0.1, 0.15) is 0 Å². The zero-order chi connectivity index (χ0) is 16.8. The van der Waals surface area contributed by atoms with E-state index in [9.17, 15) is 4.79 Å². The Morgan fingerprint density at radius 1 is 1.12 bits per heavy atom. The van der Waals surface area contributed by atoms with E-state index in [-0.39, 0.29) is 11.8 Å². The third kappa shape index (κ3) is 2.32. The summed E-state index contributed by atoms with van der Waals surface area (Å²) in [6.45, 7) is 0.